The summed E-state index contributed by atoms with van der Waals surface area (Å²) in [5.74, 6) is -4.51. The molecule has 1 aliphatic rings. The normalized spacial score (nSPS) is 14.4. The lowest BCUT2D eigenvalue weighted by atomic mass is 10.2. The van der Waals surface area contributed by atoms with Crippen LogP contribution in [0.3, 0.4) is 0 Å². The van der Waals surface area contributed by atoms with Gasteiger partial charge in [0.15, 0.2) is 3.57 Å². The van der Waals surface area contributed by atoms with Gasteiger partial charge in [0.25, 0.3) is 11.8 Å². The molecule has 2 aromatic rings. The zero-order chi connectivity index (χ0) is 21.2. The van der Waals surface area contributed by atoms with Crippen LogP contribution in [0.4, 0.5) is 13.2 Å². The van der Waals surface area contributed by atoms with Crippen LogP contribution in [0.2, 0.25) is 0 Å². The fourth-order valence-corrected chi connectivity index (χ4v) is 7.90. The first-order chi connectivity index (χ1) is 13.7. The van der Waals surface area contributed by atoms with Gasteiger partial charge in [0, 0.05) is 18.9 Å². The van der Waals surface area contributed by atoms with E-state index in [4.69, 9.17) is 7.90 Å². The van der Waals surface area contributed by atoms with Crippen LogP contribution >= 0.6 is 11.3 Å². The Morgan fingerprint density at radius 1 is 1.03 bits per heavy atom. The van der Waals surface area contributed by atoms with E-state index >= 15 is 0 Å². The second kappa shape index (κ2) is 8.49. The van der Waals surface area contributed by atoms with Crippen molar-refractivity contribution < 1.29 is 60.5 Å². The molecule has 3 rings (SSSR count). The molecule has 1 aliphatic heterocycles. The van der Waals surface area contributed by atoms with E-state index in [1.165, 1.54) is 24.3 Å². The van der Waals surface area contributed by atoms with E-state index in [0.717, 1.165) is 11.3 Å². The molecule has 12 heteroatoms. The molecule has 0 saturated carbocycles. The van der Waals surface area contributed by atoms with E-state index < -0.39 is 50.2 Å². The third-order valence-electron chi connectivity index (χ3n) is 3.49. The Bertz CT molecular complexity index is 929. The number of benzene rings is 1. The lowest BCUT2D eigenvalue weighted by Gasteiger charge is -2.12. The maximum Gasteiger partial charge on any atom is 0.496 e. The van der Waals surface area contributed by atoms with Crippen molar-refractivity contribution in [3.63, 3.8) is 0 Å². The van der Waals surface area contributed by atoms with Crippen molar-refractivity contribution in [3.8, 4) is 0 Å². The monoisotopic (exact) mass is 541 g/mol. The summed E-state index contributed by atoms with van der Waals surface area (Å²) < 4.78 is 43.5. The quantitative estimate of drug-likeness (QED) is 0.380. The van der Waals surface area contributed by atoms with Crippen LogP contribution in [-0.4, -0.2) is 35.0 Å². The SMILES string of the molecule is O=C(ON1C(=O)CCC1=O)c1ccc([I+](OC(=O)C(F)(F)F)c2cccs2)cc1. The second-order valence-electron chi connectivity index (χ2n) is 5.50. The maximum atomic E-state index is 12.6. The average molecular weight is 541 g/mol. The molecule has 2 heterocycles. The summed E-state index contributed by atoms with van der Waals surface area (Å²) >= 11 is -2.03. The largest absolute Gasteiger partial charge is 0.496 e. The fourth-order valence-electron chi connectivity index (χ4n) is 2.15. The molecule has 1 aromatic carbocycles. The van der Waals surface area contributed by atoms with Crippen LogP contribution in [0.25, 0.3) is 0 Å². The molecule has 1 fully saturated rings. The summed E-state index contributed by atoms with van der Waals surface area (Å²) in [5, 5.41) is 2.04. The van der Waals surface area contributed by atoms with Gasteiger partial charge in [0.1, 0.15) is 0 Å². The topological polar surface area (TPSA) is 90.0 Å². The summed E-state index contributed by atoms with van der Waals surface area (Å²) in [6.45, 7) is 0. The highest BCUT2D eigenvalue weighted by molar-refractivity contribution is 7.07. The number of hydroxylamine groups is 2. The van der Waals surface area contributed by atoms with E-state index in [1.807, 2.05) is 0 Å². The number of thiophene rings is 1. The number of rotatable bonds is 5. The van der Waals surface area contributed by atoms with Crippen LogP contribution in [0.1, 0.15) is 23.2 Å². The molecule has 7 nitrogen and oxygen atoms in total. The molecule has 0 bridgehead atoms. The number of halogens is 4. The lowest BCUT2D eigenvalue weighted by Crippen LogP contribution is -3.85. The number of amides is 2. The number of alkyl halides is 3. The molecule has 29 heavy (non-hydrogen) atoms. The summed E-state index contributed by atoms with van der Waals surface area (Å²) in [6.07, 6.45) is -5.22. The van der Waals surface area contributed by atoms with E-state index in [0.29, 0.717) is 11.5 Å². The summed E-state index contributed by atoms with van der Waals surface area (Å²) in [4.78, 5) is 51.2. The average Bonchev–Trinajstić information content (AvgIpc) is 3.31. The van der Waals surface area contributed by atoms with E-state index in [-0.39, 0.29) is 18.4 Å². The van der Waals surface area contributed by atoms with Crippen molar-refractivity contribution in [2.24, 2.45) is 0 Å². The van der Waals surface area contributed by atoms with Gasteiger partial charge in [-0.05, 0) is 35.7 Å². The molecule has 0 atom stereocenters. The zero-order valence-corrected chi connectivity index (χ0v) is 17.2. The van der Waals surface area contributed by atoms with Gasteiger partial charge in [-0.1, -0.05) is 11.3 Å². The number of nitrogens with zero attached hydrogens (tertiary/aromatic N) is 1. The van der Waals surface area contributed by atoms with Crippen LogP contribution < -0.4 is 20.2 Å². The third kappa shape index (κ3) is 4.93. The maximum absolute atomic E-state index is 12.6. The van der Waals surface area contributed by atoms with Crippen molar-refractivity contribution in [2.45, 2.75) is 19.0 Å². The first kappa shape index (κ1) is 21.2. The molecule has 0 spiro atoms. The molecule has 153 valence electrons. The summed E-state index contributed by atoms with van der Waals surface area (Å²) in [7, 11) is 0. The van der Waals surface area contributed by atoms with Crippen LogP contribution in [0, 0.1) is 6.45 Å². The Hall–Kier alpha value is -2.48. The molecule has 1 saturated heterocycles. The molecular weight excluding hydrogens is 530 g/mol. The van der Waals surface area contributed by atoms with Crippen molar-refractivity contribution in [2.75, 3.05) is 0 Å². The number of carbonyl (C=O) groups is 4. The summed E-state index contributed by atoms with van der Waals surface area (Å²) in [5.41, 5.74) is -0.0228. The smallest absolute Gasteiger partial charge is 0.325 e. The third-order valence-corrected chi connectivity index (χ3v) is 9.87. The number of hydrogen-bond donors (Lipinski definition) is 0. The van der Waals surface area contributed by atoms with Gasteiger partial charge >= 0.3 is 38.3 Å². The van der Waals surface area contributed by atoms with Crippen molar-refractivity contribution >= 4 is 35.1 Å². The number of imide groups is 1. The molecule has 1 aromatic heterocycles. The standard InChI is InChI=1S/C17H11F3INO6S/c18-17(19,20)16(26)27-21(12-2-1-9-29-12)11-5-3-10(4-6-11)15(25)28-22-13(23)7-8-14(22)24/h1-6,9H,7-8H2/q+1. The van der Waals surface area contributed by atoms with Crippen LogP contribution in [-0.2, 0) is 22.3 Å². The van der Waals surface area contributed by atoms with Gasteiger partial charge in [-0.2, -0.15) is 13.2 Å². The summed E-state index contributed by atoms with van der Waals surface area (Å²) in [6, 6.07) is 8.45. The van der Waals surface area contributed by atoms with E-state index in [9.17, 15) is 32.3 Å². The van der Waals surface area contributed by atoms with Crippen LogP contribution in [0.5, 0.6) is 0 Å². The zero-order valence-electron chi connectivity index (χ0n) is 14.3. The molecular formula is C17H11F3INO6S+. The van der Waals surface area contributed by atoms with Crippen molar-refractivity contribution in [1.82, 2.24) is 5.06 Å². The second-order valence-corrected chi connectivity index (χ2v) is 11.4. The lowest BCUT2D eigenvalue weighted by molar-refractivity contribution is -1.04. The molecule has 0 unspecified atom stereocenters. The first-order valence-corrected chi connectivity index (χ1v) is 11.8. The minimum Gasteiger partial charge on any atom is -0.325 e. The van der Waals surface area contributed by atoms with Gasteiger partial charge in [-0.15, -0.1) is 5.06 Å². The number of carbonyl (C=O) groups excluding carboxylic acids is 4. The van der Waals surface area contributed by atoms with E-state index in [1.54, 1.807) is 17.5 Å². The predicted octanol–water partition coefficient (Wildman–Crippen LogP) is -0.347. The minimum atomic E-state index is -5.12. The highest BCUT2D eigenvalue weighted by Crippen LogP contribution is 2.15. The van der Waals surface area contributed by atoms with Gasteiger partial charge in [-0.3, -0.25) is 9.59 Å². The molecule has 1 radical (unpaired) electrons. The Balaban J connectivity index is 1.78. The highest BCUT2D eigenvalue weighted by atomic mass is 127. The Morgan fingerprint density at radius 2 is 1.66 bits per heavy atom. The Kier molecular flexibility index (Phi) is 6.21. The van der Waals surface area contributed by atoms with E-state index in [2.05, 4.69) is 0 Å². The van der Waals surface area contributed by atoms with Gasteiger partial charge in [-0.25, -0.2) is 12.7 Å². The first-order valence-electron chi connectivity index (χ1n) is 7.88. The van der Waals surface area contributed by atoms with Gasteiger partial charge < -0.3 is 4.84 Å². The van der Waals surface area contributed by atoms with Crippen LogP contribution in [0.15, 0.2) is 41.8 Å². The van der Waals surface area contributed by atoms with Crippen molar-refractivity contribution in [3.05, 3.63) is 53.8 Å². The Morgan fingerprint density at radius 3 is 2.17 bits per heavy atom. The Labute approximate surface area is 173 Å². The molecule has 0 N–H and O–H groups in total. The number of hydrogen-bond acceptors (Lipinski definition) is 7. The molecule has 2 amide bonds. The van der Waals surface area contributed by atoms with Gasteiger partial charge in [0.2, 0.25) is 2.88 Å². The minimum absolute atomic E-state index is 0.0228. The highest BCUT2D eigenvalue weighted by Gasteiger charge is 2.48. The predicted molar refractivity (Wildman–Crippen MR) is 86.8 cm³/mol. The fraction of sp³-hybridized carbons (Fsp3) is 0.176. The molecule has 0 aliphatic carbocycles. The van der Waals surface area contributed by atoms with Crippen molar-refractivity contribution in [1.29, 1.82) is 0 Å². The van der Waals surface area contributed by atoms with Gasteiger partial charge in [0.05, 0.1) is 5.56 Å².